The van der Waals surface area contributed by atoms with Gasteiger partial charge < -0.3 is 34.7 Å². The normalized spacial score (nSPS) is 10.8. The van der Waals surface area contributed by atoms with Crippen LogP contribution in [0.15, 0.2) is 57.7 Å². The zero-order valence-corrected chi connectivity index (χ0v) is 16.8. The highest BCUT2D eigenvalue weighted by Gasteiger charge is 2.25. The van der Waals surface area contributed by atoms with Crippen LogP contribution in [0.4, 0.5) is 5.69 Å². The number of benzene rings is 3. The van der Waals surface area contributed by atoms with Gasteiger partial charge in [0.2, 0.25) is 16.9 Å². The van der Waals surface area contributed by atoms with Crippen LogP contribution in [0.1, 0.15) is 10.4 Å². The van der Waals surface area contributed by atoms with Gasteiger partial charge in [0, 0.05) is 23.8 Å². The smallest absolute Gasteiger partial charge is 0.343 e. The Hall–Kier alpha value is -5.26. The van der Waals surface area contributed by atoms with E-state index in [1.807, 2.05) is 0 Å². The average Bonchev–Trinajstić information content (AvgIpc) is 2.80. The molecule has 0 aliphatic heterocycles. The van der Waals surface area contributed by atoms with Gasteiger partial charge in [0.05, 0.1) is 10.5 Å². The van der Waals surface area contributed by atoms with Crippen LogP contribution in [0.2, 0.25) is 0 Å². The van der Waals surface area contributed by atoms with Crippen molar-refractivity contribution in [1.29, 1.82) is 0 Å². The molecule has 4 rings (SSSR count). The third-order valence-corrected chi connectivity index (χ3v) is 4.81. The second kappa shape index (κ2) is 8.02. The predicted molar refractivity (Wildman–Crippen MR) is 114 cm³/mol. The van der Waals surface area contributed by atoms with Crippen molar-refractivity contribution < 1.29 is 44.4 Å². The molecule has 0 aliphatic rings. The maximum Gasteiger partial charge on any atom is 0.343 e. The van der Waals surface area contributed by atoms with E-state index in [9.17, 15) is 45.2 Å². The SMILES string of the molecule is O=C(Oc1c(O)cc2oc(-c3ccc(O)c(O)c3)c(O)c(=O)c2c1O)c1ccc([N+](=O)[O-])cc1. The molecule has 0 saturated carbocycles. The molecule has 172 valence electrons. The minimum Gasteiger partial charge on any atom is -0.504 e. The fourth-order valence-corrected chi connectivity index (χ4v) is 3.12. The third-order valence-electron chi connectivity index (χ3n) is 4.81. The molecule has 5 N–H and O–H groups in total. The number of carbonyl (C=O) groups excluding carboxylic acids is 1. The summed E-state index contributed by atoms with van der Waals surface area (Å²) in [5.74, 6) is -6.13. The second-order valence-electron chi connectivity index (χ2n) is 6.95. The first kappa shape index (κ1) is 22.0. The van der Waals surface area contributed by atoms with Gasteiger partial charge in [-0.25, -0.2) is 4.79 Å². The summed E-state index contributed by atoms with van der Waals surface area (Å²) in [5, 5.41) is 60.4. The van der Waals surface area contributed by atoms with Crippen LogP contribution in [0.5, 0.6) is 34.5 Å². The Balaban J connectivity index is 1.79. The molecule has 12 heteroatoms. The van der Waals surface area contributed by atoms with Crippen LogP contribution in [-0.2, 0) is 0 Å². The van der Waals surface area contributed by atoms with E-state index in [2.05, 4.69) is 0 Å². The van der Waals surface area contributed by atoms with Gasteiger partial charge in [0.25, 0.3) is 5.69 Å². The number of nitrogens with zero attached hydrogens (tertiary/aromatic N) is 1. The number of ether oxygens (including phenoxy) is 1. The number of esters is 1. The molecule has 1 heterocycles. The van der Waals surface area contributed by atoms with Crippen molar-refractivity contribution in [2.75, 3.05) is 0 Å². The van der Waals surface area contributed by atoms with Gasteiger partial charge in [-0.05, 0) is 30.3 Å². The third kappa shape index (κ3) is 3.64. The minimum atomic E-state index is -1.14. The van der Waals surface area contributed by atoms with E-state index in [0.29, 0.717) is 0 Å². The van der Waals surface area contributed by atoms with E-state index in [4.69, 9.17) is 9.15 Å². The number of nitro groups is 1. The van der Waals surface area contributed by atoms with Crippen molar-refractivity contribution in [3.63, 3.8) is 0 Å². The van der Waals surface area contributed by atoms with E-state index >= 15 is 0 Å². The molecule has 0 saturated heterocycles. The lowest BCUT2D eigenvalue weighted by Crippen LogP contribution is -2.10. The van der Waals surface area contributed by atoms with Crippen LogP contribution in [0.3, 0.4) is 0 Å². The molecule has 0 spiro atoms. The summed E-state index contributed by atoms with van der Waals surface area (Å²) >= 11 is 0. The summed E-state index contributed by atoms with van der Waals surface area (Å²) in [6.45, 7) is 0. The number of rotatable bonds is 4. The molecule has 4 aromatic rings. The molecule has 3 aromatic carbocycles. The topological polar surface area (TPSA) is 201 Å². The van der Waals surface area contributed by atoms with E-state index < -0.39 is 67.5 Å². The largest absolute Gasteiger partial charge is 0.504 e. The van der Waals surface area contributed by atoms with Crippen molar-refractivity contribution in [2.45, 2.75) is 0 Å². The van der Waals surface area contributed by atoms with Gasteiger partial charge in [0.15, 0.2) is 28.8 Å². The maximum atomic E-state index is 12.7. The van der Waals surface area contributed by atoms with E-state index in [1.165, 1.54) is 6.07 Å². The predicted octanol–water partition coefficient (Wildman–Crippen LogP) is 3.12. The summed E-state index contributed by atoms with van der Waals surface area (Å²) in [5.41, 5.74) is -1.97. The Morgan fingerprint density at radius 3 is 2.18 bits per heavy atom. The molecule has 0 fully saturated rings. The highest BCUT2D eigenvalue weighted by Crippen LogP contribution is 2.44. The fraction of sp³-hybridized carbons (Fsp3) is 0. The van der Waals surface area contributed by atoms with Crippen LogP contribution in [0.25, 0.3) is 22.3 Å². The number of hydrogen-bond acceptors (Lipinski definition) is 11. The number of nitro benzene ring substituents is 1. The molecule has 0 bridgehead atoms. The number of phenols is 4. The monoisotopic (exact) mass is 467 g/mol. The van der Waals surface area contributed by atoms with Crippen molar-refractivity contribution in [3.05, 3.63) is 74.4 Å². The Labute approximate surface area is 187 Å². The first-order valence-corrected chi connectivity index (χ1v) is 9.32. The van der Waals surface area contributed by atoms with E-state index in [1.54, 1.807) is 0 Å². The summed E-state index contributed by atoms with van der Waals surface area (Å²) < 4.78 is 10.4. The molecule has 34 heavy (non-hydrogen) atoms. The van der Waals surface area contributed by atoms with Crippen LogP contribution in [-0.4, -0.2) is 36.4 Å². The molecule has 12 nitrogen and oxygen atoms in total. The molecular formula is C22H13NO11. The number of aromatic hydroxyl groups is 5. The van der Waals surface area contributed by atoms with Gasteiger partial charge >= 0.3 is 5.97 Å². The average molecular weight is 467 g/mol. The highest BCUT2D eigenvalue weighted by molar-refractivity contribution is 5.96. The van der Waals surface area contributed by atoms with Gasteiger partial charge in [-0.1, -0.05) is 0 Å². The first-order valence-electron chi connectivity index (χ1n) is 9.32. The van der Waals surface area contributed by atoms with E-state index in [0.717, 1.165) is 42.5 Å². The summed E-state index contributed by atoms with van der Waals surface area (Å²) in [4.78, 5) is 35.2. The maximum absolute atomic E-state index is 12.7. The Morgan fingerprint density at radius 2 is 1.56 bits per heavy atom. The minimum absolute atomic E-state index is 0.000505. The molecule has 0 unspecified atom stereocenters. The standard InChI is InChI=1S/C22H13NO11/c24-12-6-3-10(7-13(12)25)20-19(29)17(27)16-15(33-20)8-14(26)21(18(16)28)34-22(30)9-1-4-11(5-2-9)23(31)32/h1-8,24-26,28-29H. The number of fused-ring (bicyclic) bond motifs is 1. The molecular weight excluding hydrogens is 454 g/mol. The van der Waals surface area contributed by atoms with Crippen molar-refractivity contribution in [3.8, 4) is 45.8 Å². The van der Waals surface area contributed by atoms with Crippen LogP contribution >= 0.6 is 0 Å². The molecule has 0 atom stereocenters. The van der Waals surface area contributed by atoms with E-state index in [-0.39, 0.29) is 16.8 Å². The number of carbonyl (C=O) groups is 1. The number of non-ortho nitro benzene ring substituents is 1. The molecule has 0 aliphatic carbocycles. The molecule has 0 radical (unpaired) electrons. The molecule has 0 amide bonds. The zero-order valence-electron chi connectivity index (χ0n) is 16.8. The lowest BCUT2D eigenvalue weighted by Gasteiger charge is -2.12. The molecule has 1 aromatic heterocycles. The Morgan fingerprint density at radius 1 is 0.882 bits per heavy atom. The van der Waals surface area contributed by atoms with Gasteiger partial charge in [-0.3, -0.25) is 14.9 Å². The summed E-state index contributed by atoms with van der Waals surface area (Å²) in [6.07, 6.45) is 0. The first-order chi connectivity index (χ1) is 16.1. The lowest BCUT2D eigenvalue weighted by molar-refractivity contribution is -0.384. The van der Waals surface area contributed by atoms with Crippen molar-refractivity contribution in [1.82, 2.24) is 0 Å². The number of hydrogen-bond donors (Lipinski definition) is 5. The quantitative estimate of drug-likeness (QED) is 0.0970. The van der Waals surface area contributed by atoms with Gasteiger partial charge in [0.1, 0.15) is 11.0 Å². The summed E-state index contributed by atoms with van der Waals surface area (Å²) in [7, 11) is 0. The fourth-order valence-electron chi connectivity index (χ4n) is 3.12. The second-order valence-corrected chi connectivity index (χ2v) is 6.95. The van der Waals surface area contributed by atoms with Gasteiger partial charge in [-0.2, -0.15) is 0 Å². The number of phenolic OH excluding ortho intramolecular Hbond substituents is 4. The Kier molecular flexibility index (Phi) is 5.18. The zero-order chi connectivity index (χ0) is 24.7. The Bertz CT molecular complexity index is 1540. The highest BCUT2D eigenvalue weighted by atomic mass is 16.6. The van der Waals surface area contributed by atoms with Crippen LogP contribution < -0.4 is 10.2 Å². The van der Waals surface area contributed by atoms with Crippen molar-refractivity contribution in [2.24, 2.45) is 0 Å². The van der Waals surface area contributed by atoms with Crippen LogP contribution in [0, 0.1) is 10.1 Å². The summed E-state index contributed by atoms with van der Waals surface area (Å²) in [6, 6.07) is 8.47. The van der Waals surface area contributed by atoms with Crippen molar-refractivity contribution >= 4 is 22.6 Å². The van der Waals surface area contributed by atoms with Gasteiger partial charge in [-0.15, -0.1) is 0 Å². The lowest BCUT2D eigenvalue weighted by atomic mass is 10.1.